The summed E-state index contributed by atoms with van der Waals surface area (Å²) in [4.78, 5) is 0. The van der Waals surface area contributed by atoms with E-state index in [9.17, 15) is 4.57 Å². The summed E-state index contributed by atoms with van der Waals surface area (Å²) in [5.74, 6) is 0.643. The summed E-state index contributed by atoms with van der Waals surface area (Å²) in [7, 11) is -3.07. The molecule has 0 amide bonds. The molecule has 130 valence electrons. The van der Waals surface area contributed by atoms with Gasteiger partial charge in [-0.2, -0.15) is 0 Å². The fourth-order valence-electron chi connectivity index (χ4n) is 3.06. The Labute approximate surface area is 141 Å². The predicted molar refractivity (Wildman–Crippen MR) is 96.3 cm³/mol. The maximum absolute atomic E-state index is 13.2. The van der Waals surface area contributed by atoms with Gasteiger partial charge in [0.15, 0.2) is 0 Å². The molecular formula is C19H31O3P. The molecule has 3 nitrogen and oxygen atoms in total. The van der Waals surface area contributed by atoms with Crippen LogP contribution in [-0.4, -0.2) is 12.3 Å². The van der Waals surface area contributed by atoms with E-state index < -0.39 is 7.60 Å². The first-order valence-corrected chi connectivity index (χ1v) is 10.9. The quantitative estimate of drug-likeness (QED) is 0.571. The van der Waals surface area contributed by atoms with Gasteiger partial charge in [0.25, 0.3) is 0 Å². The van der Waals surface area contributed by atoms with Crippen LogP contribution < -0.4 is 4.52 Å². The lowest BCUT2D eigenvalue weighted by Crippen LogP contribution is -2.12. The van der Waals surface area contributed by atoms with E-state index in [1.54, 1.807) is 0 Å². The summed E-state index contributed by atoms with van der Waals surface area (Å²) in [5, 5.41) is 0. The molecule has 0 radical (unpaired) electrons. The Balaban J connectivity index is 1.98. The summed E-state index contributed by atoms with van der Waals surface area (Å²) < 4.78 is 24.9. The minimum Gasteiger partial charge on any atom is -0.424 e. The fraction of sp³-hybridized carbons (Fsp3) is 0.684. The smallest absolute Gasteiger partial charge is 0.379 e. The number of hydrogen-bond acceptors (Lipinski definition) is 3. The number of rotatable bonds is 2. The zero-order valence-corrected chi connectivity index (χ0v) is 15.3. The molecule has 1 saturated heterocycles. The van der Waals surface area contributed by atoms with Gasteiger partial charge < -0.3 is 4.52 Å². The standard InChI is InChI=1S/C19H31O3P/c1-18-14-10-7-5-3-2-4-6-8-13-17-23(20,21-18)22-19-15-11-9-12-16-19/h9,11-12,15-16,18H,2-8,10,13-14,17H2,1H3/t18-,23-/m0/s1. The lowest BCUT2D eigenvalue weighted by molar-refractivity contribution is 0.180. The first-order chi connectivity index (χ1) is 11.2. The van der Waals surface area contributed by atoms with Crippen LogP contribution in [0.1, 0.15) is 71.1 Å². The van der Waals surface area contributed by atoms with Crippen molar-refractivity contribution in [2.45, 2.75) is 77.2 Å². The van der Waals surface area contributed by atoms with Crippen LogP contribution in [0.5, 0.6) is 5.75 Å². The molecule has 0 spiro atoms. The van der Waals surface area contributed by atoms with Gasteiger partial charge in [-0.3, -0.25) is 4.52 Å². The first-order valence-electron chi connectivity index (χ1n) is 9.20. The second kappa shape index (κ2) is 10.2. The largest absolute Gasteiger partial charge is 0.424 e. The summed E-state index contributed by atoms with van der Waals surface area (Å²) in [5.41, 5.74) is 0. The highest BCUT2D eigenvalue weighted by Gasteiger charge is 2.28. The van der Waals surface area contributed by atoms with Crippen LogP contribution in [0.25, 0.3) is 0 Å². The van der Waals surface area contributed by atoms with Crippen molar-refractivity contribution in [1.82, 2.24) is 0 Å². The molecule has 1 aliphatic heterocycles. The van der Waals surface area contributed by atoms with Crippen molar-refractivity contribution < 1.29 is 13.6 Å². The fourth-order valence-corrected chi connectivity index (χ4v) is 5.01. The van der Waals surface area contributed by atoms with Crippen molar-refractivity contribution >= 4 is 7.60 Å². The molecule has 0 aliphatic carbocycles. The Bertz CT molecular complexity index is 475. The average molecular weight is 338 g/mol. The highest BCUT2D eigenvalue weighted by atomic mass is 31.2. The van der Waals surface area contributed by atoms with Crippen molar-refractivity contribution in [3.8, 4) is 5.75 Å². The van der Waals surface area contributed by atoms with Crippen molar-refractivity contribution in [3.05, 3.63) is 30.3 Å². The lowest BCUT2D eigenvalue weighted by Gasteiger charge is -2.23. The SMILES string of the molecule is C[C@H]1CCCCCCCCCCC[P@@](=O)(Oc2ccccc2)O1. The maximum Gasteiger partial charge on any atom is 0.379 e. The van der Waals surface area contributed by atoms with Crippen LogP contribution >= 0.6 is 7.60 Å². The van der Waals surface area contributed by atoms with Crippen molar-refractivity contribution in [2.24, 2.45) is 0 Å². The van der Waals surface area contributed by atoms with Crippen molar-refractivity contribution in [2.75, 3.05) is 6.16 Å². The molecular weight excluding hydrogens is 307 g/mol. The summed E-state index contributed by atoms with van der Waals surface area (Å²) in [6, 6.07) is 9.42. The van der Waals surface area contributed by atoms with Gasteiger partial charge in [0, 0.05) is 0 Å². The van der Waals surface area contributed by atoms with Gasteiger partial charge in [-0.1, -0.05) is 69.6 Å². The first kappa shape index (κ1) is 18.5. The predicted octanol–water partition coefficient (Wildman–Crippen LogP) is 6.58. The highest BCUT2D eigenvalue weighted by molar-refractivity contribution is 7.54. The molecule has 0 unspecified atom stereocenters. The Morgan fingerprint density at radius 2 is 1.48 bits per heavy atom. The third kappa shape index (κ3) is 7.54. The molecule has 4 heteroatoms. The van der Waals surface area contributed by atoms with E-state index >= 15 is 0 Å². The Morgan fingerprint density at radius 3 is 2.13 bits per heavy atom. The third-order valence-corrected chi connectivity index (χ3v) is 6.40. The van der Waals surface area contributed by atoms with E-state index in [1.807, 2.05) is 37.3 Å². The minimum absolute atomic E-state index is 0.00696. The molecule has 23 heavy (non-hydrogen) atoms. The van der Waals surface area contributed by atoms with Gasteiger partial charge in [0.2, 0.25) is 0 Å². The van der Waals surface area contributed by atoms with E-state index in [0.717, 1.165) is 25.7 Å². The second-order valence-corrected chi connectivity index (χ2v) is 8.69. The molecule has 1 aromatic rings. The van der Waals surface area contributed by atoms with Crippen LogP contribution in [0.15, 0.2) is 30.3 Å². The van der Waals surface area contributed by atoms with Gasteiger partial charge >= 0.3 is 7.60 Å². The molecule has 1 fully saturated rings. The van der Waals surface area contributed by atoms with Crippen LogP contribution in [-0.2, 0) is 9.09 Å². The molecule has 0 saturated carbocycles. The summed E-state index contributed by atoms with van der Waals surface area (Å²) in [6.07, 6.45) is 12.4. The van der Waals surface area contributed by atoms with E-state index in [1.165, 1.54) is 38.5 Å². The topological polar surface area (TPSA) is 35.5 Å². The number of para-hydroxylation sites is 1. The Morgan fingerprint density at radius 1 is 0.913 bits per heavy atom. The maximum atomic E-state index is 13.2. The van der Waals surface area contributed by atoms with Crippen LogP contribution in [0.4, 0.5) is 0 Å². The lowest BCUT2D eigenvalue weighted by atomic mass is 10.1. The molecule has 2 rings (SSSR count). The molecule has 1 heterocycles. The van der Waals surface area contributed by atoms with E-state index in [0.29, 0.717) is 11.9 Å². The molecule has 1 aromatic carbocycles. The van der Waals surface area contributed by atoms with Crippen molar-refractivity contribution in [1.29, 1.82) is 0 Å². The second-order valence-electron chi connectivity index (χ2n) is 6.63. The molecule has 1 aliphatic rings. The van der Waals surface area contributed by atoms with E-state index in [2.05, 4.69) is 0 Å². The average Bonchev–Trinajstić information content (AvgIpc) is 2.53. The zero-order valence-electron chi connectivity index (χ0n) is 14.4. The number of benzene rings is 1. The van der Waals surface area contributed by atoms with Crippen LogP contribution in [0, 0.1) is 0 Å². The van der Waals surface area contributed by atoms with Gasteiger partial charge in [0.05, 0.1) is 12.3 Å². The summed E-state index contributed by atoms with van der Waals surface area (Å²) in [6.45, 7) is 2.02. The zero-order chi connectivity index (χ0) is 16.4. The number of hydrogen-bond donors (Lipinski definition) is 0. The van der Waals surface area contributed by atoms with Gasteiger partial charge in [-0.05, 0) is 31.9 Å². The van der Waals surface area contributed by atoms with Gasteiger partial charge in [-0.15, -0.1) is 0 Å². The van der Waals surface area contributed by atoms with Crippen LogP contribution in [0.3, 0.4) is 0 Å². The van der Waals surface area contributed by atoms with E-state index in [4.69, 9.17) is 9.05 Å². The van der Waals surface area contributed by atoms with Crippen molar-refractivity contribution in [3.63, 3.8) is 0 Å². The monoisotopic (exact) mass is 338 g/mol. The van der Waals surface area contributed by atoms with E-state index in [-0.39, 0.29) is 6.10 Å². The Hall–Kier alpha value is -0.790. The van der Waals surface area contributed by atoms with Gasteiger partial charge in [0.1, 0.15) is 5.75 Å². The summed E-state index contributed by atoms with van der Waals surface area (Å²) >= 11 is 0. The third-order valence-electron chi connectivity index (χ3n) is 4.37. The Kier molecular flexibility index (Phi) is 8.19. The molecule has 2 atom stereocenters. The van der Waals surface area contributed by atoms with Crippen LogP contribution in [0.2, 0.25) is 0 Å². The molecule has 0 aromatic heterocycles. The minimum atomic E-state index is -3.07. The van der Waals surface area contributed by atoms with Gasteiger partial charge in [-0.25, -0.2) is 4.57 Å². The molecule has 0 bridgehead atoms. The normalized spacial score (nSPS) is 28.7. The molecule has 0 N–H and O–H groups in total. The highest BCUT2D eigenvalue weighted by Crippen LogP contribution is 2.50.